The maximum absolute atomic E-state index is 13.8. The van der Waals surface area contributed by atoms with Crippen molar-refractivity contribution < 1.29 is 32.7 Å². The molecule has 4 rings (SSSR count). The number of likely N-dealkylation sites (tertiary alicyclic amines) is 1. The first kappa shape index (κ1) is 25.5. The van der Waals surface area contributed by atoms with Gasteiger partial charge in [0.2, 0.25) is 11.8 Å². The molecule has 194 valence electrons. The van der Waals surface area contributed by atoms with Gasteiger partial charge < -0.3 is 25.2 Å². The second-order valence-corrected chi connectivity index (χ2v) is 9.26. The van der Waals surface area contributed by atoms with Gasteiger partial charge in [-0.15, -0.1) is 0 Å². The molecule has 2 aliphatic heterocycles. The number of fused-ring (bicyclic) bond motifs is 1. The Balaban J connectivity index is 1.53. The number of carbonyl (C=O) groups is 3. The Morgan fingerprint density at radius 2 is 2.08 bits per heavy atom. The highest BCUT2D eigenvalue weighted by Gasteiger charge is 2.39. The van der Waals surface area contributed by atoms with Gasteiger partial charge in [0.15, 0.2) is 11.5 Å². The molecule has 1 fully saturated rings. The zero-order valence-electron chi connectivity index (χ0n) is 19.6. The minimum atomic E-state index is -4.69. The van der Waals surface area contributed by atoms with E-state index in [-0.39, 0.29) is 61.4 Å². The first-order valence-corrected chi connectivity index (χ1v) is 11.7. The third-order valence-electron chi connectivity index (χ3n) is 6.45. The Hall–Kier alpha value is -3.64. The molecule has 3 N–H and O–H groups in total. The van der Waals surface area contributed by atoms with E-state index in [0.29, 0.717) is 18.7 Å². The fraction of sp³-hybridized carbons (Fsp3) is 0.522. The summed E-state index contributed by atoms with van der Waals surface area (Å²) in [5.41, 5.74) is -0.649. The highest BCUT2D eigenvalue weighted by atomic mass is 19.4. The SMILES string of the molecule is C[C@@H]1CCC(=O)N(C[C@H](CC(=O)N2CCc3c(nc(-c4ccc[nH]4)nc3C(F)(F)F)C2)NC(=O)O)C1. The largest absolute Gasteiger partial charge is 0.465 e. The Bertz CT molecular complexity index is 1140. The van der Waals surface area contributed by atoms with Crippen LogP contribution in [0.4, 0.5) is 18.0 Å². The predicted octanol–water partition coefficient (Wildman–Crippen LogP) is 2.66. The number of alkyl halides is 3. The van der Waals surface area contributed by atoms with Crippen molar-refractivity contribution in [1.29, 1.82) is 0 Å². The van der Waals surface area contributed by atoms with Crippen LogP contribution >= 0.6 is 0 Å². The van der Waals surface area contributed by atoms with E-state index in [1.807, 2.05) is 6.92 Å². The number of aromatic nitrogens is 3. The number of hydrogen-bond acceptors (Lipinski definition) is 5. The normalized spacial score (nSPS) is 19.1. The number of rotatable bonds is 6. The van der Waals surface area contributed by atoms with Crippen LogP contribution in [0.1, 0.15) is 43.1 Å². The molecule has 0 aliphatic carbocycles. The summed E-state index contributed by atoms with van der Waals surface area (Å²) in [7, 11) is 0. The Labute approximate surface area is 204 Å². The number of piperidine rings is 1. The van der Waals surface area contributed by atoms with E-state index in [4.69, 9.17) is 0 Å². The number of nitrogens with zero attached hydrogens (tertiary/aromatic N) is 4. The molecule has 0 aromatic carbocycles. The summed E-state index contributed by atoms with van der Waals surface area (Å²) < 4.78 is 41.3. The number of carboxylic acid groups (broad SMARTS) is 1. The summed E-state index contributed by atoms with van der Waals surface area (Å²) >= 11 is 0. The van der Waals surface area contributed by atoms with Crippen LogP contribution in [0, 0.1) is 5.92 Å². The number of amides is 3. The average molecular weight is 509 g/mol. The molecule has 0 spiro atoms. The summed E-state index contributed by atoms with van der Waals surface area (Å²) in [6.07, 6.45) is -3.67. The van der Waals surface area contributed by atoms with Gasteiger partial charge in [-0.1, -0.05) is 6.92 Å². The molecular weight excluding hydrogens is 481 g/mol. The van der Waals surface area contributed by atoms with E-state index in [9.17, 15) is 32.7 Å². The lowest BCUT2D eigenvalue weighted by Crippen LogP contribution is -2.50. The van der Waals surface area contributed by atoms with Crippen LogP contribution in [0.3, 0.4) is 0 Å². The Kier molecular flexibility index (Phi) is 7.18. The van der Waals surface area contributed by atoms with Crippen molar-refractivity contribution in [2.24, 2.45) is 5.92 Å². The van der Waals surface area contributed by atoms with Crippen LogP contribution in [-0.4, -0.2) is 73.4 Å². The molecule has 2 aliphatic rings. The van der Waals surface area contributed by atoms with Crippen LogP contribution in [0.5, 0.6) is 0 Å². The Morgan fingerprint density at radius 1 is 1.31 bits per heavy atom. The van der Waals surface area contributed by atoms with Gasteiger partial charge in [-0.3, -0.25) is 9.59 Å². The molecule has 0 saturated carbocycles. The zero-order valence-corrected chi connectivity index (χ0v) is 19.6. The third kappa shape index (κ3) is 5.77. The minimum absolute atomic E-state index is 0.0135. The molecule has 36 heavy (non-hydrogen) atoms. The molecule has 10 nitrogen and oxygen atoms in total. The maximum Gasteiger partial charge on any atom is 0.433 e. The monoisotopic (exact) mass is 508 g/mol. The summed E-state index contributed by atoms with van der Waals surface area (Å²) in [5.74, 6) is -0.397. The molecule has 13 heteroatoms. The van der Waals surface area contributed by atoms with Gasteiger partial charge in [0.05, 0.1) is 24.0 Å². The van der Waals surface area contributed by atoms with Crippen molar-refractivity contribution in [3.63, 3.8) is 0 Å². The number of carbonyl (C=O) groups excluding carboxylic acids is 2. The fourth-order valence-electron chi connectivity index (χ4n) is 4.68. The molecule has 2 atom stereocenters. The molecule has 2 aromatic heterocycles. The lowest BCUT2D eigenvalue weighted by molar-refractivity contribution is -0.142. The molecule has 3 amide bonds. The number of H-pyrrole nitrogens is 1. The molecule has 0 radical (unpaired) electrons. The summed E-state index contributed by atoms with van der Waals surface area (Å²) in [6, 6.07) is 2.32. The van der Waals surface area contributed by atoms with E-state index < -0.39 is 29.9 Å². The van der Waals surface area contributed by atoms with Crippen molar-refractivity contribution in [3.8, 4) is 11.5 Å². The lowest BCUT2D eigenvalue weighted by atomic mass is 9.98. The van der Waals surface area contributed by atoms with Crippen molar-refractivity contribution >= 4 is 17.9 Å². The van der Waals surface area contributed by atoms with Gasteiger partial charge in [0, 0.05) is 44.2 Å². The van der Waals surface area contributed by atoms with Crippen molar-refractivity contribution in [1.82, 2.24) is 30.1 Å². The average Bonchev–Trinajstić information content (AvgIpc) is 3.34. The summed E-state index contributed by atoms with van der Waals surface area (Å²) in [6.45, 7) is 2.37. The number of hydrogen-bond donors (Lipinski definition) is 3. The smallest absolute Gasteiger partial charge is 0.433 e. The Morgan fingerprint density at radius 3 is 2.75 bits per heavy atom. The lowest BCUT2D eigenvalue weighted by Gasteiger charge is -2.35. The van der Waals surface area contributed by atoms with Gasteiger partial charge in [0.25, 0.3) is 0 Å². The van der Waals surface area contributed by atoms with Gasteiger partial charge in [-0.2, -0.15) is 13.2 Å². The predicted molar refractivity (Wildman–Crippen MR) is 120 cm³/mol. The van der Waals surface area contributed by atoms with Crippen LogP contribution < -0.4 is 5.32 Å². The molecule has 0 unspecified atom stereocenters. The van der Waals surface area contributed by atoms with Crippen LogP contribution in [0.25, 0.3) is 11.5 Å². The van der Waals surface area contributed by atoms with Crippen molar-refractivity contribution in [2.75, 3.05) is 19.6 Å². The molecule has 2 aromatic rings. The van der Waals surface area contributed by atoms with Crippen molar-refractivity contribution in [2.45, 2.75) is 51.4 Å². The highest BCUT2D eigenvalue weighted by Crippen LogP contribution is 2.35. The van der Waals surface area contributed by atoms with Gasteiger partial charge in [0.1, 0.15) is 0 Å². The zero-order chi connectivity index (χ0) is 26.0. The number of halogens is 3. The molecule has 4 heterocycles. The first-order chi connectivity index (χ1) is 17.0. The second kappa shape index (κ2) is 10.2. The third-order valence-corrected chi connectivity index (χ3v) is 6.45. The minimum Gasteiger partial charge on any atom is -0.465 e. The van der Waals surface area contributed by atoms with Crippen molar-refractivity contribution in [3.05, 3.63) is 35.3 Å². The second-order valence-electron chi connectivity index (χ2n) is 9.26. The van der Waals surface area contributed by atoms with E-state index in [1.165, 1.54) is 4.90 Å². The summed E-state index contributed by atoms with van der Waals surface area (Å²) in [5, 5.41) is 11.6. The number of nitrogens with one attached hydrogen (secondary N) is 2. The van der Waals surface area contributed by atoms with Gasteiger partial charge in [-0.05, 0) is 30.9 Å². The van der Waals surface area contributed by atoms with E-state index in [2.05, 4.69) is 20.3 Å². The van der Waals surface area contributed by atoms with E-state index in [0.717, 1.165) is 6.42 Å². The molecule has 1 saturated heterocycles. The fourth-order valence-corrected chi connectivity index (χ4v) is 4.68. The topological polar surface area (TPSA) is 132 Å². The van der Waals surface area contributed by atoms with E-state index in [1.54, 1.807) is 23.2 Å². The first-order valence-electron chi connectivity index (χ1n) is 11.7. The van der Waals surface area contributed by atoms with E-state index >= 15 is 0 Å². The quantitative estimate of drug-likeness (QED) is 0.550. The van der Waals surface area contributed by atoms with Gasteiger partial charge >= 0.3 is 12.3 Å². The van der Waals surface area contributed by atoms with Crippen LogP contribution in [0.2, 0.25) is 0 Å². The highest BCUT2D eigenvalue weighted by molar-refractivity contribution is 5.79. The van der Waals surface area contributed by atoms with Crippen LogP contribution in [-0.2, 0) is 28.7 Å². The number of aromatic amines is 1. The summed E-state index contributed by atoms with van der Waals surface area (Å²) in [4.78, 5) is 50.5. The standard InChI is InChI=1S/C23H27F3N6O4/c1-13-4-5-18(33)32(10-13)11-14(28-22(35)36)9-19(34)31-8-6-15-17(12-31)29-21(16-3-2-7-27-16)30-20(15)23(24,25)26/h2-3,7,13-14,27-28H,4-6,8-12H2,1H3,(H,35,36)/t13-,14+/m1/s1. The van der Waals surface area contributed by atoms with Crippen LogP contribution in [0.15, 0.2) is 18.3 Å². The molecular formula is C23H27F3N6O4. The van der Waals surface area contributed by atoms with Gasteiger partial charge in [-0.25, -0.2) is 14.8 Å². The molecule has 0 bridgehead atoms. The maximum atomic E-state index is 13.8.